The topological polar surface area (TPSA) is 36.9 Å². The minimum atomic E-state index is -0.0382. The number of hydrogen-bond acceptors (Lipinski definition) is 4. The molecule has 0 N–H and O–H groups in total. The summed E-state index contributed by atoms with van der Waals surface area (Å²) in [5.74, 6) is 0. The van der Waals surface area contributed by atoms with Crippen molar-refractivity contribution in [3.8, 4) is 0 Å². The highest BCUT2D eigenvalue weighted by molar-refractivity contribution is 6.11. The summed E-state index contributed by atoms with van der Waals surface area (Å²) in [6.07, 6.45) is 0.139. The van der Waals surface area contributed by atoms with Crippen molar-refractivity contribution in [2.24, 2.45) is 0 Å². The third-order valence-electron chi connectivity index (χ3n) is 2.68. The highest BCUT2D eigenvalue weighted by Gasteiger charge is 2.42. The summed E-state index contributed by atoms with van der Waals surface area (Å²) >= 11 is 0. The van der Waals surface area contributed by atoms with Crippen LogP contribution < -0.4 is 0 Å². The summed E-state index contributed by atoms with van der Waals surface area (Å²) in [5.41, 5.74) is 0. The lowest BCUT2D eigenvalue weighted by Crippen LogP contribution is -2.38. The molecule has 4 atom stereocenters. The molecule has 0 radical (unpaired) electrons. The Kier molecular flexibility index (Phi) is 5.05. The van der Waals surface area contributed by atoms with E-state index in [1.165, 1.54) is 0 Å². The molecular formula is C10H21BO4. The Hall–Kier alpha value is -0.0951. The average molecular weight is 216 g/mol. The molecule has 1 saturated heterocycles. The largest absolute Gasteiger partial charge is 0.377 e. The van der Waals surface area contributed by atoms with Gasteiger partial charge in [0.2, 0.25) is 0 Å². The molecule has 0 amide bonds. The van der Waals surface area contributed by atoms with Gasteiger partial charge in [0.05, 0.1) is 18.7 Å². The van der Waals surface area contributed by atoms with Gasteiger partial charge in [-0.1, -0.05) is 0 Å². The fourth-order valence-electron chi connectivity index (χ4n) is 1.94. The van der Waals surface area contributed by atoms with E-state index in [1.807, 2.05) is 21.7 Å². The van der Waals surface area contributed by atoms with Gasteiger partial charge in [0.15, 0.2) is 0 Å². The minimum absolute atomic E-state index is 0.00392. The molecule has 1 aliphatic heterocycles. The van der Waals surface area contributed by atoms with Crippen LogP contribution in [-0.2, 0) is 18.9 Å². The van der Waals surface area contributed by atoms with Crippen LogP contribution in [0.3, 0.4) is 0 Å². The van der Waals surface area contributed by atoms with Crippen molar-refractivity contribution in [3.05, 3.63) is 0 Å². The molecule has 1 aliphatic rings. The van der Waals surface area contributed by atoms with Gasteiger partial charge in [-0.15, -0.1) is 0 Å². The first-order valence-corrected chi connectivity index (χ1v) is 5.42. The smallest absolute Gasteiger partial charge is 0.142 e. The normalized spacial score (nSPS) is 36.3. The van der Waals surface area contributed by atoms with E-state index in [0.717, 1.165) is 0 Å². The molecule has 1 heterocycles. The highest BCUT2D eigenvalue weighted by Crippen LogP contribution is 2.24. The zero-order valence-electron chi connectivity index (χ0n) is 10.2. The van der Waals surface area contributed by atoms with E-state index in [-0.39, 0.29) is 30.4 Å². The van der Waals surface area contributed by atoms with Gasteiger partial charge in [-0.2, -0.15) is 0 Å². The first kappa shape index (κ1) is 13.0. The minimum Gasteiger partial charge on any atom is -0.377 e. The van der Waals surface area contributed by atoms with Gasteiger partial charge in [-0.25, -0.2) is 0 Å². The Morgan fingerprint density at radius 1 is 1.20 bits per heavy atom. The first-order valence-electron chi connectivity index (χ1n) is 5.42. The van der Waals surface area contributed by atoms with Crippen LogP contribution in [0, 0.1) is 0 Å². The Morgan fingerprint density at radius 2 is 1.80 bits per heavy atom. The molecule has 0 aromatic rings. The van der Waals surface area contributed by atoms with E-state index in [1.54, 1.807) is 14.2 Å². The molecular weight excluding hydrogens is 195 g/mol. The maximum Gasteiger partial charge on any atom is 0.142 e. The van der Waals surface area contributed by atoms with Crippen LogP contribution in [0.4, 0.5) is 0 Å². The van der Waals surface area contributed by atoms with Gasteiger partial charge in [0, 0.05) is 14.2 Å². The van der Waals surface area contributed by atoms with E-state index in [0.29, 0.717) is 6.61 Å². The van der Waals surface area contributed by atoms with Gasteiger partial charge in [0.1, 0.15) is 26.2 Å². The standard InChI is InChI=1S/C10H21BO4/c1-6(2)14-5-7-8(12-3)9(13-4)10(11)15-7/h6-10H,5,11H2,1-4H3/t7-,8?,9?,10-/m1/s1. The van der Waals surface area contributed by atoms with Crippen LogP contribution in [-0.4, -0.2) is 59.1 Å². The lowest BCUT2D eigenvalue weighted by molar-refractivity contribution is -0.0647. The summed E-state index contributed by atoms with van der Waals surface area (Å²) in [4.78, 5) is 0. The molecule has 0 aliphatic carbocycles. The summed E-state index contributed by atoms with van der Waals surface area (Å²) < 4.78 is 22.0. The molecule has 15 heavy (non-hydrogen) atoms. The Labute approximate surface area is 92.6 Å². The number of methoxy groups -OCH3 is 2. The highest BCUT2D eigenvalue weighted by atomic mass is 16.6. The molecule has 1 rings (SSSR count). The third kappa shape index (κ3) is 3.18. The van der Waals surface area contributed by atoms with E-state index in [4.69, 9.17) is 18.9 Å². The molecule has 0 aromatic heterocycles. The molecule has 0 spiro atoms. The summed E-state index contributed by atoms with van der Waals surface area (Å²) in [6.45, 7) is 4.57. The van der Waals surface area contributed by atoms with Gasteiger partial charge in [-0.05, 0) is 13.8 Å². The molecule has 5 heteroatoms. The van der Waals surface area contributed by atoms with Crippen LogP contribution in [0.25, 0.3) is 0 Å². The second-order valence-corrected chi connectivity index (χ2v) is 4.16. The maximum atomic E-state index is 5.74. The fraction of sp³-hybridized carbons (Fsp3) is 1.00. The molecule has 2 unspecified atom stereocenters. The molecule has 1 fully saturated rings. The molecule has 0 bridgehead atoms. The van der Waals surface area contributed by atoms with Crippen molar-refractivity contribution in [1.82, 2.24) is 0 Å². The van der Waals surface area contributed by atoms with Crippen molar-refractivity contribution < 1.29 is 18.9 Å². The monoisotopic (exact) mass is 216 g/mol. The SMILES string of the molecule is B[C@@H]1O[C@H](COC(C)C)C(OC)C1OC. The van der Waals surface area contributed by atoms with Crippen molar-refractivity contribution in [2.45, 2.75) is 44.3 Å². The van der Waals surface area contributed by atoms with Crippen LogP contribution >= 0.6 is 0 Å². The van der Waals surface area contributed by atoms with Crippen molar-refractivity contribution >= 4 is 7.85 Å². The van der Waals surface area contributed by atoms with Crippen molar-refractivity contribution in [2.75, 3.05) is 20.8 Å². The van der Waals surface area contributed by atoms with E-state index < -0.39 is 0 Å². The fourth-order valence-corrected chi connectivity index (χ4v) is 1.94. The maximum absolute atomic E-state index is 5.74. The predicted octanol–water partition coefficient (Wildman–Crippen LogP) is -0.201. The van der Waals surface area contributed by atoms with Crippen LogP contribution in [0.2, 0.25) is 0 Å². The van der Waals surface area contributed by atoms with Crippen molar-refractivity contribution in [1.29, 1.82) is 0 Å². The molecule has 4 nitrogen and oxygen atoms in total. The lowest BCUT2D eigenvalue weighted by atomic mass is 9.93. The van der Waals surface area contributed by atoms with E-state index >= 15 is 0 Å². The molecule has 88 valence electrons. The average Bonchev–Trinajstić information content (AvgIpc) is 2.50. The van der Waals surface area contributed by atoms with Gasteiger partial charge >= 0.3 is 0 Å². The predicted molar refractivity (Wildman–Crippen MR) is 59.9 cm³/mol. The van der Waals surface area contributed by atoms with Crippen LogP contribution in [0.15, 0.2) is 0 Å². The number of rotatable bonds is 5. The molecule has 0 aromatic carbocycles. The number of hydrogen-bond donors (Lipinski definition) is 0. The summed E-state index contributed by atoms with van der Waals surface area (Å²) in [7, 11) is 5.36. The lowest BCUT2D eigenvalue weighted by Gasteiger charge is -2.21. The van der Waals surface area contributed by atoms with Gasteiger partial charge < -0.3 is 18.9 Å². The Morgan fingerprint density at radius 3 is 2.27 bits per heavy atom. The van der Waals surface area contributed by atoms with E-state index in [9.17, 15) is 0 Å². The Balaban J connectivity index is 2.50. The van der Waals surface area contributed by atoms with Crippen molar-refractivity contribution in [3.63, 3.8) is 0 Å². The second-order valence-electron chi connectivity index (χ2n) is 4.16. The number of ether oxygens (including phenoxy) is 4. The van der Waals surface area contributed by atoms with Gasteiger partial charge in [-0.3, -0.25) is 0 Å². The zero-order valence-corrected chi connectivity index (χ0v) is 10.2. The Bertz CT molecular complexity index is 188. The van der Waals surface area contributed by atoms with Crippen LogP contribution in [0.1, 0.15) is 13.8 Å². The van der Waals surface area contributed by atoms with Gasteiger partial charge in [0.25, 0.3) is 0 Å². The molecule has 0 saturated carbocycles. The third-order valence-corrected chi connectivity index (χ3v) is 2.68. The van der Waals surface area contributed by atoms with E-state index in [2.05, 4.69) is 0 Å². The summed E-state index contributed by atoms with van der Waals surface area (Å²) in [6, 6.07) is 0.0562. The summed E-state index contributed by atoms with van der Waals surface area (Å²) in [5, 5.41) is 0. The second kappa shape index (κ2) is 5.84. The first-order chi connectivity index (χ1) is 7.10. The van der Waals surface area contributed by atoms with Crippen LogP contribution in [0.5, 0.6) is 0 Å². The quantitative estimate of drug-likeness (QED) is 0.596. The zero-order chi connectivity index (χ0) is 11.4.